The maximum atomic E-state index is 6.13. The molecule has 0 amide bonds. The number of morpholine rings is 1. The van der Waals surface area contributed by atoms with Crippen LogP contribution in [0, 0.1) is 0 Å². The summed E-state index contributed by atoms with van der Waals surface area (Å²) in [6.07, 6.45) is 1.02. The third kappa shape index (κ3) is 7.81. The monoisotopic (exact) mass is 382 g/mol. The van der Waals surface area contributed by atoms with Crippen LogP contribution in [-0.4, -0.2) is 69.4 Å². The molecule has 1 aliphatic heterocycles. The Morgan fingerprint density at radius 1 is 1.31 bits per heavy atom. The lowest BCUT2D eigenvalue weighted by atomic mass is 10.3. The molecule has 2 N–H and O–H groups in total. The molecule has 0 bridgehead atoms. The van der Waals surface area contributed by atoms with E-state index in [0.29, 0.717) is 17.3 Å². The van der Waals surface area contributed by atoms with Crippen molar-refractivity contribution in [2.24, 2.45) is 4.99 Å². The van der Waals surface area contributed by atoms with Gasteiger partial charge in [0.1, 0.15) is 11.9 Å². The van der Waals surface area contributed by atoms with E-state index in [9.17, 15) is 0 Å². The van der Waals surface area contributed by atoms with Crippen LogP contribution in [0.3, 0.4) is 0 Å². The summed E-state index contributed by atoms with van der Waals surface area (Å²) in [5.74, 6) is 1.52. The van der Waals surface area contributed by atoms with E-state index in [0.717, 1.165) is 58.3 Å². The van der Waals surface area contributed by atoms with Crippen molar-refractivity contribution >= 4 is 17.6 Å². The lowest BCUT2D eigenvalue weighted by Gasteiger charge is -2.26. The largest absolute Gasteiger partial charge is 0.487 e. The number of halogens is 1. The van der Waals surface area contributed by atoms with Crippen LogP contribution in [0.25, 0.3) is 0 Å². The quantitative estimate of drug-likeness (QED) is 0.390. The number of aliphatic imine (C=N–C) groups is 1. The summed E-state index contributed by atoms with van der Waals surface area (Å²) in [4.78, 5) is 7.06. The van der Waals surface area contributed by atoms with Gasteiger partial charge in [0.2, 0.25) is 0 Å². The molecule has 146 valence electrons. The molecule has 6 nitrogen and oxygen atoms in total. The minimum Gasteiger partial charge on any atom is -0.487 e. The molecular weight excluding hydrogens is 352 g/mol. The van der Waals surface area contributed by atoms with Crippen LogP contribution >= 0.6 is 11.6 Å². The van der Waals surface area contributed by atoms with Gasteiger partial charge < -0.3 is 20.1 Å². The van der Waals surface area contributed by atoms with E-state index in [2.05, 4.69) is 27.4 Å². The molecular formula is C19H31ClN4O2. The lowest BCUT2D eigenvalue weighted by Crippen LogP contribution is -2.41. The number of guanidine groups is 1. The normalized spacial score (nSPS) is 17.0. The van der Waals surface area contributed by atoms with Crippen LogP contribution < -0.4 is 15.4 Å². The second kappa shape index (κ2) is 12.0. The number of benzene rings is 1. The van der Waals surface area contributed by atoms with E-state index < -0.39 is 0 Å². The Morgan fingerprint density at radius 3 is 2.81 bits per heavy atom. The van der Waals surface area contributed by atoms with Crippen LogP contribution in [0.15, 0.2) is 29.3 Å². The zero-order valence-electron chi connectivity index (χ0n) is 15.8. The van der Waals surface area contributed by atoms with Gasteiger partial charge in [-0.1, -0.05) is 23.7 Å². The van der Waals surface area contributed by atoms with Crippen molar-refractivity contribution in [3.8, 4) is 5.75 Å². The zero-order valence-corrected chi connectivity index (χ0v) is 16.6. The fraction of sp³-hybridized carbons (Fsp3) is 0.632. The predicted molar refractivity (Wildman–Crippen MR) is 107 cm³/mol. The van der Waals surface area contributed by atoms with Gasteiger partial charge in [0.15, 0.2) is 5.96 Å². The fourth-order valence-electron chi connectivity index (χ4n) is 2.69. The molecule has 1 saturated heterocycles. The third-order valence-electron chi connectivity index (χ3n) is 4.06. The predicted octanol–water partition coefficient (Wildman–Crippen LogP) is 2.38. The average molecular weight is 383 g/mol. The van der Waals surface area contributed by atoms with Gasteiger partial charge in [-0.25, -0.2) is 4.99 Å². The first-order chi connectivity index (χ1) is 12.7. The van der Waals surface area contributed by atoms with Crippen molar-refractivity contribution < 1.29 is 9.47 Å². The highest BCUT2D eigenvalue weighted by Gasteiger charge is 2.10. The Bertz CT molecular complexity index is 550. The van der Waals surface area contributed by atoms with E-state index in [1.54, 1.807) is 0 Å². The van der Waals surface area contributed by atoms with Crippen LogP contribution in [-0.2, 0) is 4.74 Å². The van der Waals surface area contributed by atoms with Crippen LogP contribution in [0.1, 0.15) is 20.3 Å². The molecule has 1 aromatic rings. The number of nitrogens with one attached hydrogen (secondary N) is 2. The summed E-state index contributed by atoms with van der Waals surface area (Å²) in [5.41, 5.74) is 0. The summed E-state index contributed by atoms with van der Waals surface area (Å²) < 4.78 is 11.2. The second-order valence-electron chi connectivity index (χ2n) is 6.31. The van der Waals surface area contributed by atoms with E-state index >= 15 is 0 Å². The van der Waals surface area contributed by atoms with E-state index in [4.69, 9.17) is 21.1 Å². The van der Waals surface area contributed by atoms with Crippen molar-refractivity contribution in [1.82, 2.24) is 15.5 Å². The fourth-order valence-corrected chi connectivity index (χ4v) is 2.87. The minimum atomic E-state index is -0.0568. The Balaban J connectivity index is 1.71. The van der Waals surface area contributed by atoms with Crippen LogP contribution in [0.5, 0.6) is 5.75 Å². The van der Waals surface area contributed by atoms with Crippen molar-refractivity contribution in [1.29, 1.82) is 0 Å². The van der Waals surface area contributed by atoms with Gasteiger partial charge >= 0.3 is 0 Å². The number of para-hydroxylation sites is 1. The number of rotatable bonds is 9. The average Bonchev–Trinajstić information content (AvgIpc) is 2.66. The molecule has 26 heavy (non-hydrogen) atoms. The SMILES string of the molecule is CCNC(=NCC(C)Oc1ccccc1Cl)NCCCN1CCOCC1. The molecule has 1 heterocycles. The molecule has 0 aliphatic carbocycles. The van der Waals surface area contributed by atoms with E-state index in [1.165, 1.54) is 0 Å². The zero-order chi connectivity index (χ0) is 18.6. The minimum absolute atomic E-state index is 0.0568. The maximum Gasteiger partial charge on any atom is 0.191 e. The van der Waals surface area contributed by atoms with Crippen LogP contribution in [0.4, 0.5) is 0 Å². The number of hydrogen-bond donors (Lipinski definition) is 2. The van der Waals surface area contributed by atoms with Crippen molar-refractivity contribution in [3.05, 3.63) is 29.3 Å². The second-order valence-corrected chi connectivity index (χ2v) is 6.72. The molecule has 0 radical (unpaired) electrons. The first-order valence-electron chi connectivity index (χ1n) is 9.42. The van der Waals surface area contributed by atoms with E-state index in [-0.39, 0.29) is 6.10 Å². The van der Waals surface area contributed by atoms with Gasteiger partial charge in [-0.15, -0.1) is 0 Å². The molecule has 1 fully saturated rings. The molecule has 0 aromatic heterocycles. The van der Waals surface area contributed by atoms with E-state index in [1.807, 2.05) is 31.2 Å². The van der Waals surface area contributed by atoms with Crippen molar-refractivity contribution in [3.63, 3.8) is 0 Å². The third-order valence-corrected chi connectivity index (χ3v) is 4.38. The highest BCUT2D eigenvalue weighted by atomic mass is 35.5. The first kappa shape index (κ1) is 20.8. The van der Waals surface area contributed by atoms with Gasteiger partial charge in [-0.3, -0.25) is 4.90 Å². The van der Waals surface area contributed by atoms with Crippen molar-refractivity contribution in [2.45, 2.75) is 26.4 Å². The lowest BCUT2D eigenvalue weighted by molar-refractivity contribution is 0.0376. The maximum absolute atomic E-state index is 6.13. The van der Waals surface area contributed by atoms with Gasteiger partial charge in [0.05, 0.1) is 24.8 Å². The summed E-state index contributed by atoms with van der Waals surface area (Å²) in [7, 11) is 0. The molecule has 1 unspecified atom stereocenters. The summed E-state index contributed by atoms with van der Waals surface area (Å²) in [6.45, 7) is 11.2. The van der Waals surface area contributed by atoms with Gasteiger partial charge in [-0.05, 0) is 38.9 Å². The Hall–Kier alpha value is -1.50. The Labute approximate surface area is 161 Å². The Morgan fingerprint density at radius 2 is 2.08 bits per heavy atom. The Kier molecular flexibility index (Phi) is 9.60. The molecule has 1 aromatic carbocycles. The summed E-state index contributed by atoms with van der Waals surface area (Å²) in [5, 5.41) is 7.29. The highest BCUT2D eigenvalue weighted by molar-refractivity contribution is 6.32. The molecule has 0 saturated carbocycles. The molecule has 7 heteroatoms. The summed E-state index contributed by atoms with van der Waals surface area (Å²) >= 11 is 6.13. The van der Waals surface area contributed by atoms with Gasteiger partial charge in [-0.2, -0.15) is 0 Å². The summed E-state index contributed by atoms with van der Waals surface area (Å²) in [6, 6.07) is 7.50. The van der Waals surface area contributed by atoms with Gasteiger partial charge in [0, 0.05) is 26.2 Å². The number of nitrogens with zero attached hydrogens (tertiary/aromatic N) is 2. The topological polar surface area (TPSA) is 58.1 Å². The van der Waals surface area contributed by atoms with Gasteiger partial charge in [0.25, 0.3) is 0 Å². The standard InChI is InChI=1S/C19H31ClN4O2/c1-3-21-19(22-9-6-10-24-11-13-25-14-12-24)23-15-16(2)26-18-8-5-4-7-17(18)20/h4-5,7-8,16H,3,6,9-15H2,1-2H3,(H2,21,22,23). The van der Waals surface area contributed by atoms with Crippen LogP contribution in [0.2, 0.25) is 5.02 Å². The first-order valence-corrected chi connectivity index (χ1v) is 9.80. The van der Waals surface area contributed by atoms with Crippen molar-refractivity contribution in [2.75, 3.05) is 52.5 Å². The number of hydrogen-bond acceptors (Lipinski definition) is 4. The smallest absolute Gasteiger partial charge is 0.191 e. The number of ether oxygens (including phenoxy) is 2. The highest BCUT2D eigenvalue weighted by Crippen LogP contribution is 2.24. The molecule has 2 rings (SSSR count). The molecule has 0 spiro atoms. The molecule has 1 aliphatic rings. The molecule has 1 atom stereocenters.